The van der Waals surface area contributed by atoms with E-state index in [0.717, 1.165) is 16.1 Å². The summed E-state index contributed by atoms with van der Waals surface area (Å²) in [5.41, 5.74) is 1.79. The Kier molecular flexibility index (Phi) is 12.2. The SMILES string of the molecule is CC(C)CNC(=O)[C@H](Cc1ccccc1)N(Cc1ccc(Cl)cc1Cl)C(=O)CCCN(c1ccc(F)cc1)S(C)(=O)=O. The minimum atomic E-state index is -3.70. The van der Waals surface area contributed by atoms with Crippen LogP contribution in [0.2, 0.25) is 10.0 Å². The summed E-state index contributed by atoms with van der Waals surface area (Å²) in [4.78, 5) is 28.9. The lowest BCUT2D eigenvalue weighted by Gasteiger charge is -2.32. The van der Waals surface area contributed by atoms with E-state index in [1.165, 1.54) is 29.2 Å². The average molecular weight is 637 g/mol. The Hall–Kier alpha value is -3.14. The first-order valence-corrected chi connectivity index (χ1v) is 16.2. The zero-order chi connectivity index (χ0) is 30.9. The molecule has 3 aromatic carbocycles. The van der Waals surface area contributed by atoms with E-state index in [4.69, 9.17) is 23.2 Å². The van der Waals surface area contributed by atoms with Crippen LogP contribution in [0.1, 0.15) is 37.8 Å². The first-order chi connectivity index (χ1) is 19.8. The highest BCUT2D eigenvalue weighted by atomic mass is 35.5. The summed E-state index contributed by atoms with van der Waals surface area (Å²) in [6, 6.07) is 18.6. The summed E-state index contributed by atoms with van der Waals surface area (Å²) in [6.45, 7) is 4.45. The first-order valence-electron chi connectivity index (χ1n) is 13.6. The number of amides is 2. The fourth-order valence-corrected chi connectivity index (χ4v) is 5.85. The van der Waals surface area contributed by atoms with Crippen molar-refractivity contribution in [2.24, 2.45) is 5.92 Å². The Morgan fingerprint density at radius 1 is 0.976 bits per heavy atom. The molecule has 1 N–H and O–H groups in total. The lowest BCUT2D eigenvalue weighted by atomic mass is 10.0. The maximum absolute atomic E-state index is 13.9. The number of hydrogen-bond donors (Lipinski definition) is 1. The smallest absolute Gasteiger partial charge is 0.243 e. The molecule has 42 heavy (non-hydrogen) atoms. The molecule has 0 saturated carbocycles. The van der Waals surface area contributed by atoms with Crippen LogP contribution in [0.15, 0.2) is 72.8 Å². The Labute approximate surface area is 257 Å². The van der Waals surface area contributed by atoms with Gasteiger partial charge in [-0.05, 0) is 59.9 Å². The van der Waals surface area contributed by atoms with E-state index in [9.17, 15) is 22.4 Å². The molecule has 0 bridgehead atoms. The second kappa shape index (κ2) is 15.4. The van der Waals surface area contributed by atoms with E-state index < -0.39 is 21.9 Å². The molecule has 0 aliphatic heterocycles. The van der Waals surface area contributed by atoms with Crippen LogP contribution >= 0.6 is 23.2 Å². The van der Waals surface area contributed by atoms with Crippen molar-refractivity contribution in [1.82, 2.24) is 10.2 Å². The molecule has 0 aliphatic rings. The van der Waals surface area contributed by atoms with Gasteiger partial charge in [0.1, 0.15) is 11.9 Å². The Balaban J connectivity index is 1.90. The van der Waals surface area contributed by atoms with Crippen molar-refractivity contribution in [2.45, 2.75) is 45.7 Å². The highest BCUT2D eigenvalue weighted by Crippen LogP contribution is 2.25. The minimum Gasteiger partial charge on any atom is -0.354 e. The highest BCUT2D eigenvalue weighted by Gasteiger charge is 2.31. The van der Waals surface area contributed by atoms with Crippen molar-refractivity contribution < 1.29 is 22.4 Å². The third-order valence-corrected chi connectivity index (χ3v) is 8.36. The van der Waals surface area contributed by atoms with Crippen molar-refractivity contribution in [3.8, 4) is 0 Å². The molecule has 0 saturated heterocycles. The third kappa shape index (κ3) is 10.00. The molecule has 2 amide bonds. The van der Waals surface area contributed by atoms with Gasteiger partial charge in [-0.2, -0.15) is 0 Å². The van der Waals surface area contributed by atoms with Crippen molar-refractivity contribution in [2.75, 3.05) is 23.7 Å². The van der Waals surface area contributed by atoms with E-state index >= 15 is 0 Å². The normalized spacial score (nSPS) is 12.2. The van der Waals surface area contributed by atoms with E-state index in [0.29, 0.717) is 27.8 Å². The van der Waals surface area contributed by atoms with Gasteiger partial charge in [-0.15, -0.1) is 0 Å². The Morgan fingerprint density at radius 3 is 2.24 bits per heavy atom. The Morgan fingerprint density at radius 2 is 1.64 bits per heavy atom. The van der Waals surface area contributed by atoms with Gasteiger partial charge in [0.2, 0.25) is 21.8 Å². The van der Waals surface area contributed by atoms with Crippen LogP contribution in [0, 0.1) is 11.7 Å². The van der Waals surface area contributed by atoms with Crippen molar-refractivity contribution in [3.63, 3.8) is 0 Å². The molecule has 7 nitrogen and oxygen atoms in total. The van der Waals surface area contributed by atoms with Gasteiger partial charge in [0, 0.05) is 42.5 Å². The lowest BCUT2D eigenvalue weighted by molar-refractivity contribution is -0.141. The van der Waals surface area contributed by atoms with Crippen LogP contribution in [0.4, 0.5) is 10.1 Å². The lowest BCUT2D eigenvalue weighted by Crippen LogP contribution is -2.51. The zero-order valence-electron chi connectivity index (χ0n) is 23.9. The summed E-state index contributed by atoms with van der Waals surface area (Å²) in [7, 11) is -3.70. The number of anilines is 1. The van der Waals surface area contributed by atoms with E-state index in [1.807, 2.05) is 44.2 Å². The molecule has 0 fully saturated rings. The van der Waals surface area contributed by atoms with E-state index in [1.54, 1.807) is 18.2 Å². The number of sulfonamides is 1. The number of carbonyl (C=O) groups excluding carboxylic acids is 2. The molecule has 1 atom stereocenters. The topological polar surface area (TPSA) is 86.8 Å². The van der Waals surface area contributed by atoms with Crippen LogP contribution in [-0.2, 0) is 32.6 Å². The molecule has 0 radical (unpaired) electrons. The van der Waals surface area contributed by atoms with Gasteiger partial charge in [0.25, 0.3) is 0 Å². The summed E-state index contributed by atoms with van der Waals surface area (Å²) in [5, 5.41) is 3.77. The van der Waals surface area contributed by atoms with Crippen LogP contribution in [0.5, 0.6) is 0 Å². The van der Waals surface area contributed by atoms with Gasteiger partial charge >= 0.3 is 0 Å². The second-order valence-electron chi connectivity index (χ2n) is 10.5. The maximum Gasteiger partial charge on any atom is 0.243 e. The molecular formula is C31H36Cl2FN3O4S. The van der Waals surface area contributed by atoms with Crippen molar-refractivity contribution in [3.05, 3.63) is 99.8 Å². The highest BCUT2D eigenvalue weighted by molar-refractivity contribution is 7.92. The standard InChI is InChI=1S/C31H36Cl2FN3O4S/c1-22(2)20-35-31(39)29(18-23-8-5-4-6-9-23)36(21-24-11-12-25(32)19-28(24)33)30(38)10-7-17-37(42(3,40)41)27-15-13-26(34)14-16-27/h4-6,8-9,11-16,19,22,29H,7,10,17-18,20-21H2,1-3H3,(H,35,39)/t29-/m0/s1. The Bertz CT molecular complexity index is 1450. The summed E-state index contributed by atoms with van der Waals surface area (Å²) in [5.74, 6) is -0.919. The average Bonchev–Trinajstić information content (AvgIpc) is 2.93. The number of carbonyl (C=O) groups is 2. The van der Waals surface area contributed by atoms with Crippen molar-refractivity contribution >= 4 is 50.7 Å². The maximum atomic E-state index is 13.9. The number of halogens is 3. The van der Waals surface area contributed by atoms with E-state index in [2.05, 4.69) is 5.32 Å². The fraction of sp³-hybridized carbons (Fsp3) is 0.355. The molecule has 0 aliphatic carbocycles. The summed E-state index contributed by atoms with van der Waals surface area (Å²) >= 11 is 12.6. The van der Waals surface area contributed by atoms with Gasteiger partial charge in [-0.25, -0.2) is 12.8 Å². The predicted molar refractivity (Wildman–Crippen MR) is 167 cm³/mol. The largest absolute Gasteiger partial charge is 0.354 e. The van der Waals surface area contributed by atoms with Gasteiger partial charge < -0.3 is 10.2 Å². The number of rotatable bonds is 14. The van der Waals surface area contributed by atoms with Crippen LogP contribution in [0.25, 0.3) is 0 Å². The minimum absolute atomic E-state index is 0.00531. The summed E-state index contributed by atoms with van der Waals surface area (Å²) in [6.07, 6.45) is 1.45. The number of hydrogen-bond acceptors (Lipinski definition) is 4. The summed E-state index contributed by atoms with van der Waals surface area (Å²) < 4.78 is 39.6. The zero-order valence-corrected chi connectivity index (χ0v) is 26.2. The quantitative estimate of drug-likeness (QED) is 0.232. The third-order valence-electron chi connectivity index (χ3n) is 6.58. The van der Waals surface area contributed by atoms with Crippen LogP contribution in [-0.4, -0.2) is 50.5 Å². The van der Waals surface area contributed by atoms with Crippen LogP contribution < -0.4 is 9.62 Å². The monoisotopic (exact) mass is 635 g/mol. The van der Waals surface area contributed by atoms with Crippen LogP contribution in [0.3, 0.4) is 0 Å². The fourth-order valence-electron chi connectivity index (χ4n) is 4.42. The van der Waals surface area contributed by atoms with Gasteiger partial charge in [0.15, 0.2) is 0 Å². The number of nitrogens with zero attached hydrogens (tertiary/aromatic N) is 2. The first kappa shape index (κ1) is 33.4. The second-order valence-corrected chi connectivity index (χ2v) is 13.3. The molecular weight excluding hydrogens is 600 g/mol. The molecule has 11 heteroatoms. The molecule has 226 valence electrons. The molecule has 3 aromatic rings. The number of benzene rings is 3. The predicted octanol–water partition coefficient (Wildman–Crippen LogP) is 6.09. The molecule has 0 aromatic heterocycles. The van der Waals surface area contributed by atoms with E-state index in [-0.39, 0.29) is 50.1 Å². The van der Waals surface area contributed by atoms with Crippen molar-refractivity contribution in [1.29, 1.82) is 0 Å². The molecule has 0 heterocycles. The molecule has 0 unspecified atom stereocenters. The number of nitrogens with one attached hydrogen (secondary N) is 1. The molecule has 3 rings (SSSR count). The molecule has 0 spiro atoms. The van der Waals surface area contributed by atoms with Gasteiger partial charge in [-0.3, -0.25) is 13.9 Å². The van der Waals surface area contributed by atoms with Gasteiger partial charge in [-0.1, -0.05) is 73.4 Å². The van der Waals surface area contributed by atoms with Gasteiger partial charge in [0.05, 0.1) is 11.9 Å².